The molecule has 0 unspecified atom stereocenters. The minimum absolute atomic E-state index is 0.209. The van der Waals surface area contributed by atoms with Gasteiger partial charge in [-0.1, -0.05) is 29.4 Å². The van der Waals surface area contributed by atoms with Crippen molar-refractivity contribution >= 4 is 17.4 Å². The maximum atomic E-state index is 12.5. The number of hydrogen-bond donors (Lipinski definition) is 2. The van der Waals surface area contributed by atoms with Gasteiger partial charge in [0.1, 0.15) is 7.11 Å². The van der Waals surface area contributed by atoms with E-state index in [2.05, 4.69) is 20.3 Å². The smallest absolute Gasteiger partial charge is 0.255 e. The Morgan fingerprint density at radius 2 is 1.81 bits per heavy atom. The first-order valence-corrected chi connectivity index (χ1v) is 8.39. The van der Waals surface area contributed by atoms with E-state index in [1.54, 1.807) is 30.5 Å². The summed E-state index contributed by atoms with van der Waals surface area (Å²) < 4.78 is 0. The van der Waals surface area contributed by atoms with Gasteiger partial charge in [0, 0.05) is 28.6 Å². The van der Waals surface area contributed by atoms with Crippen LogP contribution in [0, 0.1) is 6.92 Å². The highest BCUT2D eigenvalue weighted by Gasteiger charge is 2.10. The molecule has 0 aliphatic rings. The second kappa shape index (κ2) is 8.14. The molecule has 0 saturated heterocycles. The Kier molecular flexibility index (Phi) is 5.47. The summed E-state index contributed by atoms with van der Waals surface area (Å²) in [6.07, 6.45) is 1.75. The van der Waals surface area contributed by atoms with Gasteiger partial charge in [0.15, 0.2) is 5.84 Å². The number of pyridine rings is 1. The monoisotopic (exact) mass is 360 g/mol. The summed E-state index contributed by atoms with van der Waals surface area (Å²) in [5, 5.41) is 6.59. The summed E-state index contributed by atoms with van der Waals surface area (Å²) in [5.74, 6) is 0.0441. The number of anilines is 1. The van der Waals surface area contributed by atoms with Crippen molar-refractivity contribution in [3.63, 3.8) is 0 Å². The summed E-state index contributed by atoms with van der Waals surface area (Å²) in [6.45, 7) is 2.01. The molecule has 3 aromatic rings. The number of amidine groups is 1. The molecule has 1 heterocycles. The van der Waals surface area contributed by atoms with E-state index in [0.717, 1.165) is 16.8 Å². The molecule has 0 fully saturated rings. The number of benzene rings is 2. The summed E-state index contributed by atoms with van der Waals surface area (Å²) >= 11 is 0. The van der Waals surface area contributed by atoms with Crippen LogP contribution in [0.15, 0.2) is 72.0 Å². The van der Waals surface area contributed by atoms with Crippen LogP contribution in [0.1, 0.15) is 21.5 Å². The SMILES string of the molecule is CON=C(N)c1ccc(C(=O)Nc2ccc(C)c(-c3ccccn3)c2)cc1. The fraction of sp³-hybridized carbons (Fsp3) is 0.0952. The van der Waals surface area contributed by atoms with Crippen molar-refractivity contribution < 1.29 is 9.63 Å². The second-order valence-corrected chi connectivity index (χ2v) is 5.94. The van der Waals surface area contributed by atoms with E-state index in [0.29, 0.717) is 16.8 Å². The van der Waals surface area contributed by atoms with Crippen LogP contribution in [0.2, 0.25) is 0 Å². The maximum absolute atomic E-state index is 12.5. The Hall–Kier alpha value is -3.67. The van der Waals surface area contributed by atoms with Crippen LogP contribution in [0.5, 0.6) is 0 Å². The van der Waals surface area contributed by atoms with Gasteiger partial charge in [0.25, 0.3) is 5.91 Å². The van der Waals surface area contributed by atoms with E-state index in [1.165, 1.54) is 7.11 Å². The largest absolute Gasteiger partial charge is 0.397 e. The number of nitrogens with zero attached hydrogens (tertiary/aromatic N) is 2. The maximum Gasteiger partial charge on any atom is 0.255 e. The highest BCUT2D eigenvalue weighted by atomic mass is 16.6. The Labute approximate surface area is 157 Å². The topological polar surface area (TPSA) is 89.6 Å². The van der Waals surface area contributed by atoms with Crippen molar-refractivity contribution in [1.29, 1.82) is 0 Å². The first-order chi connectivity index (χ1) is 13.1. The van der Waals surface area contributed by atoms with E-state index < -0.39 is 0 Å². The lowest BCUT2D eigenvalue weighted by molar-refractivity contribution is 0.102. The molecule has 6 heteroatoms. The van der Waals surface area contributed by atoms with E-state index in [4.69, 9.17) is 5.73 Å². The minimum Gasteiger partial charge on any atom is -0.397 e. The summed E-state index contributed by atoms with van der Waals surface area (Å²) in [7, 11) is 1.43. The number of carbonyl (C=O) groups excluding carboxylic acids is 1. The van der Waals surface area contributed by atoms with Crippen LogP contribution in [0.25, 0.3) is 11.3 Å². The lowest BCUT2D eigenvalue weighted by Crippen LogP contribution is -2.15. The molecule has 2 aromatic carbocycles. The number of nitrogens with one attached hydrogen (secondary N) is 1. The van der Waals surface area contributed by atoms with Crippen molar-refractivity contribution in [3.05, 3.63) is 83.6 Å². The number of hydrogen-bond acceptors (Lipinski definition) is 4. The molecule has 0 atom stereocenters. The summed E-state index contributed by atoms with van der Waals surface area (Å²) in [6, 6.07) is 18.3. The summed E-state index contributed by atoms with van der Waals surface area (Å²) in [5.41, 5.74) is 10.6. The number of carbonyl (C=O) groups is 1. The van der Waals surface area contributed by atoms with Gasteiger partial charge in [-0.2, -0.15) is 0 Å². The minimum atomic E-state index is -0.209. The molecule has 6 nitrogen and oxygen atoms in total. The first-order valence-electron chi connectivity index (χ1n) is 8.39. The molecule has 136 valence electrons. The van der Waals surface area contributed by atoms with E-state index in [1.807, 2.05) is 43.3 Å². The van der Waals surface area contributed by atoms with Crippen molar-refractivity contribution in [2.45, 2.75) is 6.92 Å². The lowest BCUT2D eigenvalue weighted by atomic mass is 10.0. The molecule has 3 rings (SSSR count). The third-order valence-electron chi connectivity index (χ3n) is 4.07. The number of aromatic nitrogens is 1. The van der Waals surface area contributed by atoms with Crippen molar-refractivity contribution in [1.82, 2.24) is 4.98 Å². The molecule has 0 spiro atoms. The van der Waals surface area contributed by atoms with Crippen molar-refractivity contribution in [2.24, 2.45) is 10.9 Å². The predicted octanol–water partition coefficient (Wildman–Crippen LogP) is 3.58. The number of rotatable bonds is 5. The molecule has 0 aliphatic carbocycles. The Morgan fingerprint density at radius 3 is 2.48 bits per heavy atom. The van der Waals surface area contributed by atoms with Crippen LogP contribution >= 0.6 is 0 Å². The highest BCUT2D eigenvalue weighted by Crippen LogP contribution is 2.25. The molecule has 0 aliphatic heterocycles. The Morgan fingerprint density at radius 1 is 1.07 bits per heavy atom. The molecule has 0 radical (unpaired) electrons. The zero-order chi connectivity index (χ0) is 19.2. The quantitative estimate of drug-likeness (QED) is 0.413. The number of amides is 1. The van der Waals surface area contributed by atoms with Crippen LogP contribution < -0.4 is 11.1 Å². The third-order valence-corrected chi connectivity index (χ3v) is 4.07. The van der Waals surface area contributed by atoms with Crippen LogP contribution in [0.3, 0.4) is 0 Å². The molecule has 0 saturated carbocycles. The van der Waals surface area contributed by atoms with Crippen molar-refractivity contribution in [3.8, 4) is 11.3 Å². The molecular weight excluding hydrogens is 340 g/mol. The predicted molar refractivity (Wildman–Crippen MR) is 107 cm³/mol. The zero-order valence-electron chi connectivity index (χ0n) is 15.1. The molecule has 0 bridgehead atoms. The fourth-order valence-electron chi connectivity index (χ4n) is 2.64. The number of nitrogens with two attached hydrogens (primary N) is 1. The normalized spacial score (nSPS) is 11.1. The van der Waals surface area contributed by atoms with Gasteiger partial charge >= 0.3 is 0 Å². The van der Waals surface area contributed by atoms with Gasteiger partial charge in [0.2, 0.25) is 0 Å². The Balaban J connectivity index is 1.79. The molecule has 3 N–H and O–H groups in total. The molecular formula is C21H20N4O2. The number of oxime groups is 1. The third kappa shape index (κ3) is 4.30. The lowest BCUT2D eigenvalue weighted by Gasteiger charge is -2.10. The standard InChI is InChI=1S/C21H20N4O2/c1-14-6-11-17(13-18(14)19-5-3-4-12-23-19)24-21(26)16-9-7-15(8-10-16)20(22)25-27-2/h3-13H,1-2H3,(H2,22,25)(H,24,26). The molecule has 1 aromatic heterocycles. The number of aryl methyl sites for hydroxylation is 1. The average Bonchev–Trinajstić information content (AvgIpc) is 2.70. The second-order valence-electron chi connectivity index (χ2n) is 5.94. The van der Waals surface area contributed by atoms with Crippen LogP contribution in [0.4, 0.5) is 5.69 Å². The van der Waals surface area contributed by atoms with Gasteiger partial charge in [0.05, 0.1) is 5.69 Å². The highest BCUT2D eigenvalue weighted by molar-refractivity contribution is 6.05. The first kappa shape index (κ1) is 18.1. The van der Waals surface area contributed by atoms with Gasteiger partial charge < -0.3 is 15.9 Å². The van der Waals surface area contributed by atoms with Crippen molar-refractivity contribution in [2.75, 3.05) is 12.4 Å². The molecule has 1 amide bonds. The van der Waals surface area contributed by atoms with Gasteiger partial charge in [-0.25, -0.2) is 0 Å². The van der Waals surface area contributed by atoms with Crippen LogP contribution in [-0.2, 0) is 4.84 Å². The average molecular weight is 360 g/mol. The van der Waals surface area contributed by atoms with Gasteiger partial charge in [-0.15, -0.1) is 0 Å². The molecule has 27 heavy (non-hydrogen) atoms. The van der Waals surface area contributed by atoms with E-state index >= 15 is 0 Å². The fourth-order valence-corrected chi connectivity index (χ4v) is 2.64. The zero-order valence-corrected chi connectivity index (χ0v) is 15.1. The van der Waals surface area contributed by atoms with Gasteiger partial charge in [-0.05, 0) is 48.9 Å². The van der Waals surface area contributed by atoms with Crippen LogP contribution in [-0.4, -0.2) is 23.8 Å². The Bertz CT molecular complexity index is 967. The summed E-state index contributed by atoms with van der Waals surface area (Å²) in [4.78, 5) is 21.6. The van der Waals surface area contributed by atoms with Gasteiger partial charge in [-0.3, -0.25) is 9.78 Å². The van der Waals surface area contributed by atoms with E-state index in [-0.39, 0.29) is 11.7 Å². The van der Waals surface area contributed by atoms with E-state index in [9.17, 15) is 4.79 Å².